The maximum Gasteiger partial charge on any atom is 0.162 e. The zero-order valence-electron chi connectivity index (χ0n) is 55.4. The Balaban J connectivity index is 0.613. The largest absolute Gasteiger partial charge is 0.456 e. The molecule has 20 rings (SSSR count). The Bertz CT molecular complexity index is 6270. The maximum atomic E-state index is 16.7. The average molecular weight is 1330 g/mol. The van der Waals surface area contributed by atoms with Gasteiger partial charge in [-0.15, -0.1) is 11.3 Å². The van der Waals surface area contributed by atoms with Gasteiger partial charge in [0.1, 0.15) is 34.2 Å². The Hall–Kier alpha value is -11.9. The molecule has 4 atom stereocenters. The summed E-state index contributed by atoms with van der Waals surface area (Å²) in [6, 6.07) is 90.4. The minimum atomic E-state index is -0.343. The van der Waals surface area contributed by atoms with Crippen molar-refractivity contribution in [2.24, 2.45) is 25.9 Å². The van der Waals surface area contributed by atoms with Gasteiger partial charge in [0.25, 0.3) is 0 Å². The molecule has 101 heavy (non-hydrogen) atoms. The predicted molar refractivity (Wildman–Crippen MR) is 412 cm³/mol. The highest BCUT2D eigenvalue weighted by Crippen LogP contribution is 2.71. The van der Waals surface area contributed by atoms with E-state index >= 15 is 4.39 Å². The fourth-order valence-electron chi connectivity index (χ4n) is 17.1. The standard InChI is InChI=1S/C90H63FN6O3S/c1-90(2)71-30-16-27-62(57-44-58(46-59(91)45-57)72-42-43-93-87(52-20-8-5-9-21-52)97-89(95-72)68-29-17-32-74-76(68)66-23-10-12-31-73(66)98-74)77(71)79-80(90)83-69-47-54(38-40-64(69)82(79)99-83)50-34-36-53(37-35-50)88(96-86(92-3)51-18-6-4-7-19-51)94-49-56-22-14-28-63-60(25-15-26-61(56)63)55-39-41-65-70(48-55)84-85-78(81(65)100-84)67-24-11-13-33-75(67)101-85/h4-42,44-48,79-80,82-83H,43,49H2,1-3H3,(H,92,94,96)(H,93,95,97). The molecule has 1 saturated heterocycles. The van der Waals surface area contributed by atoms with Gasteiger partial charge in [-0.3, -0.25) is 4.99 Å². The second-order valence-corrected chi connectivity index (χ2v) is 28.6. The number of nitrogens with one attached hydrogen (secondary N) is 2. The third-order valence-electron chi connectivity index (χ3n) is 21.6. The normalized spacial score (nSPS) is 17.9. The molecule has 1 aliphatic carbocycles. The molecule has 0 saturated carbocycles. The van der Waals surface area contributed by atoms with Crippen molar-refractivity contribution in [2.75, 3.05) is 13.6 Å². The lowest BCUT2D eigenvalue weighted by Crippen LogP contribution is -2.30. The van der Waals surface area contributed by atoms with Gasteiger partial charge in [-0.05, 0) is 138 Å². The van der Waals surface area contributed by atoms with E-state index in [0.29, 0.717) is 41.9 Å². The van der Waals surface area contributed by atoms with E-state index in [-0.39, 0.29) is 35.3 Å². The average Bonchev–Trinajstić information content (AvgIpc) is 1.52. The van der Waals surface area contributed by atoms with Gasteiger partial charge in [-0.25, -0.2) is 19.4 Å². The van der Waals surface area contributed by atoms with Gasteiger partial charge in [0.15, 0.2) is 17.3 Å². The first kappa shape index (κ1) is 59.2. The van der Waals surface area contributed by atoms with Crippen LogP contribution in [0.3, 0.4) is 0 Å². The summed E-state index contributed by atoms with van der Waals surface area (Å²) in [5.74, 6) is 2.38. The molecule has 2 N–H and O–H groups in total. The first-order valence-corrected chi connectivity index (χ1v) is 35.4. The van der Waals surface area contributed by atoms with Crippen LogP contribution in [-0.4, -0.2) is 36.9 Å². The van der Waals surface area contributed by atoms with E-state index in [1.807, 2.05) is 109 Å². The molecule has 7 heterocycles. The molecule has 484 valence electrons. The van der Waals surface area contributed by atoms with E-state index in [1.54, 1.807) is 12.1 Å². The van der Waals surface area contributed by atoms with Crippen LogP contribution in [-0.2, 0) is 16.7 Å². The van der Waals surface area contributed by atoms with Crippen LogP contribution in [0.4, 0.5) is 4.39 Å². The monoisotopic (exact) mass is 1330 g/mol. The number of rotatable bonds is 10. The number of aliphatic imine (C=N–C) groups is 4. The molecule has 4 bridgehead atoms. The van der Waals surface area contributed by atoms with Gasteiger partial charge in [0.05, 0.1) is 29.1 Å². The van der Waals surface area contributed by atoms with E-state index in [0.717, 1.165) is 116 Å². The number of thiophene rings is 1. The van der Waals surface area contributed by atoms with Crippen LogP contribution >= 0.6 is 11.3 Å². The van der Waals surface area contributed by atoms with Gasteiger partial charge < -0.3 is 24.2 Å². The minimum Gasteiger partial charge on any atom is -0.456 e. The van der Waals surface area contributed by atoms with Gasteiger partial charge >= 0.3 is 0 Å². The van der Waals surface area contributed by atoms with E-state index in [1.165, 1.54) is 47.8 Å². The number of benzene rings is 13. The molecule has 0 radical (unpaired) electrons. The first-order valence-electron chi connectivity index (χ1n) is 34.6. The number of ether oxygens (including phenoxy) is 1. The third kappa shape index (κ3) is 9.44. The van der Waals surface area contributed by atoms with Crippen molar-refractivity contribution in [1.29, 1.82) is 0 Å². The molecule has 1 fully saturated rings. The number of hydrogen-bond donors (Lipinski definition) is 2. The number of furan rings is 3. The van der Waals surface area contributed by atoms with Gasteiger partial charge in [-0.2, -0.15) is 0 Å². The van der Waals surface area contributed by atoms with E-state index in [2.05, 4.69) is 188 Å². The molecule has 11 heteroatoms. The first-order chi connectivity index (χ1) is 49.7. The number of nitrogens with zero attached hydrogens (tertiary/aromatic N) is 4. The topological polar surface area (TPSA) is 109 Å². The Morgan fingerprint density at radius 3 is 2.14 bits per heavy atom. The third-order valence-corrected chi connectivity index (χ3v) is 22.8. The molecule has 0 spiro atoms. The van der Waals surface area contributed by atoms with Crippen molar-refractivity contribution in [1.82, 2.24) is 10.6 Å². The zero-order chi connectivity index (χ0) is 67.2. The minimum absolute atomic E-state index is 0.0506. The Morgan fingerprint density at radius 2 is 1.27 bits per heavy atom. The maximum absolute atomic E-state index is 16.7. The summed E-state index contributed by atoms with van der Waals surface area (Å²) in [6.45, 7) is 5.57. The summed E-state index contributed by atoms with van der Waals surface area (Å²) in [6.07, 6.45) is 1.72. The number of fused-ring (bicyclic) bond motifs is 24. The highest BCUT2D eigenvalue weighted by atomic mass is 32.1. The highest BCUT2D eigenvalue weighted by molar-refractivity contribution is 7.27. The number of para-hydroxylation sites is 1. The summed E-state index contributed by atoms with van der Waals surface area (Å²) in [5, 5.41) is 16.0. The molecule has 12 aromatic carbocycles. The summed E-state index contributed by atoms with van der Waals surface area (Å²) >= 11 is 1.81. The van der Waals surface area contributed by atoms with Crippen LogP contribution < -0.4 is 10.6 Å². The molecule has 4 aromatic heterocycles. The smallest absolute Gasteiger partial charge is 0.162 e. The molecule has 0 amide bonds. The van der Waals surface area contributed by atoms with Crippen molar-refractivity contribution in [3.8, 4) is 33.4 Å². The molecule has 4 aliphatic rings. The molecular formula is C90H63FN6O3S. The number of hydrogen-bond acceptors (Lipinski definition) is 8. The quantitative estimate of drug-likeness (QED) is 0.105. The van der Waals surface area contributed by atoms with Crippen LogP contribution in [0, 0.1) is 11.7 Å². The Morgan fingerprint density at radius 1 is 0.545 bits per heavy atom. The zero-order valence-corrected chi connectivity index (χ0v) is 56.2. The van der Waals surface area contributed by atoms with Crippen LogP contribution in [0.2, 0.25) is 0 Å². The molecule has 16 aromatic rings. The molecule has 4 unspecified atom stereocenters. The summed E-state index contributed by atoms with van der Waals surface area (Å²) in [5.41, 5.74) is 20.5. The summed E-state index contributed by atoms with van der Waals surface area (Å²) in [7, 11) is 1.91. The lowest BCUT2D eigenvalue weighted by molar-refractivity contribution is 0.0468. The van der Waals surface area contributed by atoms with Crippen LogP contribution in [0.5, 0.6) is 0 Å². The van der Waals surface area contributed by atoms with Crippen LogP contribution in [0.25, 0.3) is 114 Å². The van der Waals surface area contributed by atoms with Gasteiger partial charge in [-0.1, -0.05) is 220 Å². The number of halogens is 1. The van der Waals surface area contributed by atoms with Crippen molar-refractivity contribution in [3.63, 3.8) is 0 Å². The van der Waals surface area contributed by atoms with Crippen LogP contribution in [0.15, 0.2) is 296 Å². The molecule has 9 nitrogen and oxygen atoms in total. The highest BCUT2D eigenvalue weighted by Gasteiger charge is 2.63. The van der Waals surface area contributed by atoms with Crippen LogP contribution in [0.1, 0.15) is 87.6 Å². The predicted octanol–water partition coefficient (Wildman–Crippen LogP) is 21.9. The van der Waals surface area contributed by atoms with Crippen molar-refractivity contribution < 1.29 is 18.0 Å². The van der Waals surface area contributed by atoms with Crippen molar-refractivity contribution >= 4 is 115 Å². The Labute approximate surface area is 585 Å². The fourth-order valence-corrected chi connectivity index (χ4v) is 18.3. The van der Waals surface area contributed by atoms with Crippen molar-refractivity contribution in [3.05, 3.63) is 328 Å². The van der Waals surface area contributed by atoms with Gasteiger partial charge in [0, 0.05) is 90.3 Å². The fraction of sp³-hybridized carbons (Fsp3) is 0.111. The Kier molecular flexibility index (Phi) is 13.5. The molecular weight excluding hydrogens is 1260 g/mol. The summed E-state index contributed by atoms with van der Waals surface area (Å²) in [4.78, 5) is 21.4. The lowest BCUT2D eigenvalue weighted by Gasteiger charge is -2.33. The van der Waals surface area contributed by atoms with E-state index in [4.69, 9.17) is 33.5 Å². The SMILES string of the molecule is CNC(=NC(=NCc1cccc2c(-c3ccc4c(c3)c3oc4c4c5ccccc5sc34)cccc12)c1ccc(-c2ccc3c(c2)C2OC3C3c4c(-c5cc(F)cc(C6=CCNC(c7ccccc7)=NC(c7cccc8oc9ccccc9c78)=N6)c5)cccc4C(C)(C)C23)cc1)c1ccccc1. The molecule has 3 aliphatic heterocycles. The van der Waals surface area contributed by atoms with Gasteiger partial charge in [0.2, 0.25) is 0 Å². The van der Waals surface area contributed by atoms with E-state index in [9.17, 15) is 0 Å². The van der Waals surface area contributed by atoms with Crippen molar-refractivity contribution in [2.45, 2.75) is 43.9 Å². The second-order valence-electron chi connectivity index (χ2n) is 27.5. The lowest BCUT2D eigenvalue weighted by atomic mass is 9.67. The second kappa shape index (κ2) is 23.1. The van der Waals surface area contributed by atoms with E-state index < -0.39 is 0 Å². The summed E-state index contributed by atoms with van der Waals surface area (Å²) < 4.78 is 39.3. The number of amidine groups is 4.